The average Bonchev–Trinajstić information content (AvgIpc) is 2.46. The summed E-state index contributed by atoms with van der Waals surface area (Å²) in [6, 6.07) is 8.36. The van der Waals surface area contributed by atoms with Crippen LogP contribution in [0.1, 0.15) is 24.2 Å². The number of Topliss-reactive ketones (excluding diaryl/α,β-unsaturated/α-hetero) is 1. The standard InChI is InChI=1S/C15H23N3O/c1-12(11-16)17-7-9-18(10-8-17)15-5-3-14(4-6-15)13(2)19/h3-6,12H,7-11,16H2,1-2H3. The molecule has 19 heavy (non-hydrogen) atoms. The lowest BCUT2D eigenvalue weighted by atomic mass is 10.1. The fraction of sp³-hybridized carbons (Fsp3) is 0.533. The van der Waals surface area contributed by atoms with Crippen LogP contribution >= 0.6 is 0 Å². The van der Waals surface area contributed by atoms with Gasteiger partial charge in [0.2, 0.25) is 0 Å². The fourth-order valence-electron chi connectivity index (χ4n) is 2.48. The van der Waals surface area contributed by atoms with Crippen molar-refractivity contribution in [1.29, 1.82) is 0 Å². The molecular formula is C15H23N3O. The zero-order valence-electron chi connectivity index (χ0n) is 11.8. The molecule has 1 aromatic carbocycles. The lowest BCUT2D eigenvalue weighted by Crippen LogP contribution is -2.51. The van der Waals surface area contributed by atoms with Crippen molar-refractivity contribution in [1.82, 2.24) is 4.90 Å². The zero-order chi connectivity index (χ0) is 13.8. The van der Waals surface area contributed by atoms with Gasteiger partial charge in [0, 0.05) is 50.0 Å². The fourth-order valence-corrected chi connectivity index (χ4v) is 2.48. The first-order valence-electron chi connectivity index (χ1n) is 6.92. The van der Waals surface area contributed by atoms with E-state index in [9.17, 15) is 4.79 Å². The second-order valence-electron chi connectivity index (χ2n) is 5.21. The third kappa shape index (κ3) is 3.33. The number of carbonyl (C=O) groups is 1. The Bertz CT molecular complexity index is 422. The molecule has 4 heteroatoms. The van der Waals surface area contributed by atoms with Crippen LogP contribution < -0.4 is 10.6 Å². The monoisotopic (exact) mass is 261 g/mol. The minimum Gasteiger partial charge on any atom is -0.369 e. The predicted molar refractivity (Wildman–Crippen MR) is 78.7 cm³/mol. The summed E-state index contributed by atoms with van der Waals surface area (Å²) in [5.41, 5.74) is 7.68. The van der Waals surface area contributed by atoms with E-state index >= 15 is 0 Å². The molecule has 0 amide bonds. The average molecular weight is 261 g/mol. The zero-order valence-corrected chi connectivity index (χ0v) is 11.8. The molecule has 0 aliphatic carbocycles. The maximum atomic E-state index is 11.3. The van der Waals surface area contributed by atoms with Crippen LogP contribution in [-0.2, 0) is 0 Å². The van der Waals surface area contributed by atoms with Crippen molar-refractivity contribution in [3.05, 3.63) is 29.8 Å². The Labute approximate surface area is 115 Å². The Hall–Kier alpha value is -1.39. The van der Waals surface area contributed by atoms with E-state index in [-0.39, 0.29) is 5.78 Å². The maximum absolute atomic E-state index is 11.3. The van der Waals surface area contributed by atoms with Crippen LogP contribution in [0, 0.1) is 0 Å². The van der Waals surface area contributed by atoms with E-state index in [1.165, 1.54) is 5.69 Å². The largest absolute Gasteiger partial charge is 0.369 e. The van der Waals surface area contributed by atoms with Gasteiger partial charge in [-0.3, -0.25) is 9.69 Å². The summed E-state index contributed by atoms with van der Waals surface area (Å²) in [6.07, 6.45) is 0. The quantitative estimate of drug-likeness (QED) is 0.831. The second-order valence-corrected chi connectivity index (χ2v) is 5.21. The lowest BCUT2D eigenvalue weighted by molar-refractivity contribution is 0.101. The SMILES string of the molecule is CC(=O)c1ccc(N2CCN(C(C)CN)CC2)cc1. The summed E-state index contributed by atoms with van der Waals surface area (Å²) in [7, 11) is 0. The summed E-state index contributed by atoms with van der Waals surface area (Å²) in [5.74, 6) is 0.119. The van der Waals surface area contributed by atoms with Gasteiger partial charge in [0.25, 0.3) is 0 Å². The van der Waals surface area contributed by atoms with Crippen molar-refractivity contribution < 1.29 is 4.79 Å². The van der Waals surface area contributed by atoms with Gasteiger partial charge in [-0.05, 0) is 38.1 Å². The van der Waals surface area contributed by atoms with Crippen molar-refractivity contribution in [2.45, 2.75) is 19.9 Å². The Balaban J connectivity index is 1.96. The number of anilines is 1. The van der Waals surface area contributed by atoms with E-state index in [4.69, 9.17) is 5.73 Å². The van der Waals surface area contributed by atoms with Crippen LogP contribution in [0.3, 0.4) is 0 Å². The predicted octanol–water partition coefficient (Wildman–Crippen LogP) is 1.36. The number of hydrogen-bond acceptors (Lipinski definition) is 4. The van der Waals surface area contributed by atoms with Gasteiger partial charge in [-0.15, -0.1) is 0 Å². The lowest BCUT2D eigenvalue weighted by Gasteiger charge is -2.38. The highest BCUT2D eigenvalue weighted by Gasteiger charge is 2.20. The molecule has 0 spiro atoms. The first-order valence-corrected chi connectivity index (χ1v) is 6.92. The summed E-state index contributed by atoms with van der Waals surface area (Å²) in [5, 5.41) is 0. The Morgan fingerprint density at radius 3 is 2.26 bits per heavy atom. The van der Waals surface area contributed by atoms with Crippen LogP contribution in [0.5, 0.6) is 0 Å². The molecular weight excluding hydrogens is 238 g/mol. The Kier molecular flexibility index (Phi) is 4.56. The van der Waals surface area contributed by atoms with Crippen LogP contribution in [0.25, 0.3) is 0 Å². The molecule has 1 fully saturated rings. The molecule has 0 saturated carbocycles. The smallest absolute Gasteiger partial charge is 0.159 e. The van der Waals surface area contributed by atoms with Gasteiger partial charge >= 0.3 is 0 Å². The van der Waals surface area contributed by atoms with Crippen LogP contribution in [-0.4, -0.2) is 49.4 Å². The van der Waals surface area contributed by atoms with Crippen molar-refractivity contribution in [3.8, 4) is 0 Å². The minimum absolute atomic E-state index is 0.119. The van der Waals surface area contributed by atoms with E-state index < -0.39 is 0 Å². The number of hydrogen-bond donors (Lipinski definition) is 1. The van der Waals surface area contributed by atoms with Gasteiger partial charge in [0.15, 0.2) is 5.78 Å². The van der Waals surface area contributed by atoms with E-state index in [0.29, 0.717) is 12.6 Å². The van der Waals surface area contributed by atoms with Gasteiger partial charge in [-0.1, -0.05) is 0 Å². The molecule has 4 nitrogen and oxygen atoms in total. The van der Waals surface area contributed by atoms with Crippen LogP contribution in [0.2, 0.25) is 0 Å². The van der Waals surface area contributed by atoms with E-state index in [1.54, 1.807) is 6.92 Å². The molecule has 1 atom stereocenters. The van der Waals surface area contributed by atoms with Gasteiger partial charge in [0.1, 0.15) is 0 Å². The minimum atomic E-state index is 0.119. The summed E-state index contributed by atoms with van der Waals surface area (Å²) < 4.78 is 0. The number of carbonyl (C=O) groups excluding carboxylic acids is 1. The van der Waals surface area contributed by atoms with Gasteiger partial charge in [-0.25, -0.2) is 0 Å². The molecule has 1 aliphatic heterocycles. The molecule has 0 bridgehead atoms. The topological polar surface area (TPSA) is 49.6 Å². The normalized spacial score (nSPS) is 18.4. The number of rotatable bonds is 4. The Morgan fingerprint density at radius 1 is 1.21 bits per heavy atom. The molecule has 0 aromatic heterocycles. The molecule has 1 aromatic rings. The van der Waals surface area contributed by atoms with Crippen LogP contribution in [0.4, 0.5) is 5.69 Å². The van der Waals surface area contributed by atoms with Crippen molar-refractivity contribution >= 4 is 11.5 Å². The first kappa shape index (κ1) is 14.0. The molecule has 1 aliphatic rings. The second kappa shape index (κ2) is 6.17. The maximum Gasteiger partial charge on any atom is 0.159 e. The Morgan fingerprint density at radius 2 is 1.79 bits per heavy atom. The van der Waals surface area contributed by atoms with Gasteiger partial charge in [-0.2, -0.15) is 0 Å². The highest BCUT2D eigenvalue weighted by Crippen LogP contribution is 2.18. The number of ketones is 1. The summed E-state index contributed by atoms with van der Waals surface area (Å²) in [4.78, 5) is 16.0. The molecule has 1 heterocycles. The third-order valence-electron chi connectivity index (χ3n) is 3.92. The van der Waals surface area contributed by atoms with Gasteiger partial charge < -0.3 is 10.6 Å². The molecule has 0 radical (unpaired) electrons. The van der Waals surface area contributed by atoms with Crippen LogP contribution in [0.15, 0.2) is 24.3 Å². The van der Waals surface area contributed by atoms with E-state index in [1.807, 2.05) is 24.3 Å². The molecule has 104 valence electrons. The summed E-state index contributed by atoms with van der Waals surface area (Å²) >= 11 is 0. The van der Waals surface area contributed by atoms with Crippen molar-refractivity contribution in [3.63, 3.8) is 0 Å². The van der Waals surface area contributed by atoms with Gasteiger partial charge in [0.05, 0.1) is 0 Å². The van der Waals surface area contributed by atoms with E-state index in [2.05, 4.69) is 16.7 Å². The summed E-state index contributed by atoms with van der Waals surface area (Å²) in [6.45, 7) is 8.62. The van der Waals surface area contributed by atoms with Crippen molar-refractivity contribution in [2.75, 3.05) is 37.6 Å². The first-order chi connectivity index (χ1) is 9.11. The highest BCUT2D eigenvalue weighted by molar-refractivity contribution is 5.94. The van der Waals surface area contributed by atoms with E-state index in [0.717, 1.165) is 31.7 Å². The number of benzene rings is 1. The number of nitrogens with two attached hydrogens (primary N) is 1. The molecule has 1 unspecified atom stereocenters. The third-order valence-corrected chi connectivity index (χ3v) is 3.92. The highest BCUT2D eigenvalue weighted by atomic mass is 16.1. The number of piperazine rings is 1. The molecule has 2 N–H and O–H groups in total. The molecule has 2 rings (SSSR count). The number of nitrogens with zero attached hydrogens (tertiary/aromatic N) is 2. The van der Waals surface area contributed by atoms with Crippen molar-refractivity contribution in [2.24, 2.45) is 5.73 Å². The molecule has 1 saturated heterocycles.